The van der Waals surface area contributed by atoms with Crippen molar-refractivity contribution in [3.05, 3.63) is 22.4 Å². The van der Waals surface area contributed by atoms with Crippen LogP contribution in [0.2, 0.25) is 0 Å². The molecule has 1 atom stereocenters. The molecule has 0 bridgehead atoms. The van der Waals surface area contributed by atoms with Crippen LogP contribution in [0.5, 0.6) is 0 Å². The number of carbonyl (C=O) groups is 2. The summed E-state index contributed by atoms with van der Waals surface area (Å²) in [4.78, 5) is 27.9. The van der Waals surface area contributed by atoms with E-state index in [1.807, 2.05) is 0 Å². The van der Waals surface area contributed by atoms with E-state index in [1.54, 1.807) is 17.2 Å². The van der Waals surface area contributed by atoms with E-state index >= 15 is 0 Å². The largest absolute Gasteiger partial charge is 0.368 e. The van der Waals surface area contributed by atoms with Crippen molar-refractivity contribution in [3.8, 4) is 0 Å². The molecule has 1 aromatic heterocycles. The van der Waals surface area contributed by atoms with Gasteiger partial charge in [0.15, 0.2) is 0 Å². The number of piperidine rings is 1. The fourth-order valence-electron chi connectivity index (χ4n) is 2.12. The standard InChI is InChI=1S/C11H14BrN3O2/c12-7-5-8(14-6-7)11(17)15-4-2-1-3-9(15)10(13)16/h5-6,9,14H,1-4H2,(H2,13,16). The Morgan fingerprint density at radius 1 is 1.47 bits per heavy atom. The number of likely N-dealkylation sites (tertiary alicyclic amines) is 1. The third kappa shape index (κ3) is 2.52. The Hall–Kier alpha value is -1.30. The van der Waals surface area contributed by atoms with E-state index in [2.05, 4.69) is 20.9 Å². The third-order valence-electron chi connectivity index (χ3n) is 2.97. The molecule has 0 aromatic carbocycles. The van der Waals surface area contributed by atoms with Crippen molar-refractivity contribution in [2.45, 2.75) is 25.3 Å². The van der Waals surface area contributed by atoms with E-state index in [-0.39, 0.29) is 5.91 Å². The fourth-order valence-corrected chi connectivity index (χ4v) is 2.46. The first-order valence-electron chi connectivity index (χ1n) is 5.54. The van der Waals surface area contributed by atoms with Gasteiger partial charge < -0.3 is 15.6 Å². The average molecular weight is 300 g/mol. The van der Waals surface area contributed by atoms with Gasteiger partial charge in [-0.15, -0.1) is 0 Å². The zero-order chi connectivity index (χ0) is 12.4. The number of carbonyl (C=O) groups excluding carboxylic acids is 2. The van der Waals surface area contributed by atoms with Crippen LogP contribution in [-0.4, -0.2) is 34.3 Å². The summed E-state index contributed by atoms with van der Waals surface area (Å²) in [6.45, 7) is 0.586. The van der Waals surface area contributed by atoms with Gasteiger partial charge in [0.05, 0.1) is 0 Å². The second kappa shape index (κ2) is 4.91. The first kappa shape index (κ1) is 12.2. The molecule has 1 saturated heterocycles. The van der Waals surface area contributed by atoms with E-state index in [0.29, 0.717) is 18.7 Å². The Morgan fingerprint density at radius 2 is 2.24 bits per heavy atom. The maximum atomic E-state index is 12.2. The van der Waals surface area contributed by atoms with Crippen LogP contribution in [0.4, 0.5) is 0 Å². The number of amides is 2. The summed E-state index contributed by atoms with van der Waals surface area (Å²) in [6, 6.07) is 1.23. The number of nitrogens with one attached hydrogen (secondary N) is 1. The summed E-state index contributed by atoms with van der Waals surface area (Å²) in [5, 5.41) is 0. The lowest BCUT2D eigenvalue weighted by Crippen LogP contribution is -2.50. The van der Waals surface area contributed by atoms with Gasteiger partial charge in [-0.3, -0.25) is 9.59 Å². The van der Waals surface area contributed by atoms with Crippen LogP contribution in [0.15, 0.2) is 16.7 Å². The predicted molar refractivity (Wildman–Crippen MR) is 66.4 cm³/mol. The molecule has 2 heterocycles. The van der Waals surface area contributed by atoms with E-state index in [0.717, 1.165) is 17.3 Å². The smallest absolute Gasteiger partial charge is 0.270 e. The van der Waals surface area contributed by atoms with Crippen molar-refractivity contribution in [2.75, 3.05) is 6.54 Å². The van der Waals surface area contributed by atoms with Gasteiger partial charge in [0.25, 0.3) is 5.91 Å². The number of primary amides is 1. The van der Waals surface area contributed by atoms with Crippen molar-refractivity contribution in [1.29, 1.82) is 0 Å². The second-order valence-corrected chi connectivity index (χ2v) is 5.06. The highest BCUT2D eigenvalue weighted by Gasteiger charge is 2.31. The van der Waals surface area contributed by atoms with Gasteiger partial charge in [0, 0.05) is 17.2 Å². The molecule has 5 nitrogen and oxygen atoms in total. The van der Waals surface area contributed by atoms with Gasteiger partial charge in [-0.25, -0.2) is 0 Å². The topological polar surface area (TPSA) is 79.2 Å². The molecule has 2 rings (SSSR count). The van der Waals surface area contributed by atoms with Crippen LogP contribution < -0.4 is 5.73 Å². The molecule has 0 saturated carbocycles. The van der Waals surface area contributed by atoms with Gasteiger partial charge in [-0.1, -0.05) is 0 Å². The van der Waals surface area contributed by atoms with Crippen molar-refractivity contribution >= 4 is 27.7 Å². The Bertz CT molecular complexity index is 444. The quantitative estimate of drug-likeness (QED) is 0.862. The average Bonchev–Trinajstić information content (AvgIpc) is 2.75. The van der Waals surface area contributed by atoms with Crippen molar-refractivity contribution in [3.63, 3.8) is 0 Å². The first-order valence-corrected chi connectivity index (χ1v) is 6.33. The summed E-state index contributed by atoms with van der Waals surface area (Å²) < 4.78 is 0.813. The van der Waals surface area contributed by atoms with Crippen LogP contribution in [0.1, 0.15) is 29.8 Å². The monoisotopic (exact) mass is 299 g/mol. The number of hydrogen-bond donors (Lipinski definition) is 2. The molecule has 1 aliphatic rings. The Labute approximate surface area is 107 Å². The SMILES string of the molecule is NC(=O)C1CCCCN1C(=O)c1cc(Br)c[nH]1. The molecule has 17 heavy (non-hydrogen) atoms. The molecule has 6 heteroatoms. The summed E-state index contributed by atoms with van der Waals surface area (Å²) in [6.07, 6.45) is 4.20. The Kier molecular flexibility index (Phi) is 3.51. The predicted octanol–water partition coefficient (Wildman–Crippen LogP) is 1.26. The van der Waals surface area contributed by atoms with Crippen LogP contribution >= 0.6 is 15.9 Å². The van der Waals surface area contributed by atoms with Crippen LogP contribution in [0.3, 0.4) is 0 Å². The number of H-pyrrole nitrogens is 1. The summed E-state index contributed by atoms with van der Waals surface area (Å²) >= 11 is 3.27. The van der Waals surface area contributed by atoms with Crippen LogP contribution in [0.25, 0.3) is 0 Å². The van der Waals surface area contributed by atoms with Gasteiger partial charge in [-0.2, -0.15) is 0 Å². The van der Waals surface area contributed by atoms with E-state index in [9.17, 15) is 9.59 Å². The third-order valence-corrected chi connectivity index (χ3v) is 3.43. The van der Waals surface area contributed by atoms with Gasteiger partial charge in [-0.05, 0) is 41.3 Å². The summed E-state index contributed by atoms with van der Waals surface area (Å²) in [7, 11) is 0. The molecule has 1 aliphatic heterocycles. The lowest BCUT2D eigenvalue weighted by atomic mass is 10.0. The minimum Gasteiger partial charge on any atom is -0.368 e. The highest BCUT2D eigenvalue weighted by atomic mass is 79.9. The van der Waals surface area contributed by atoms with E-state index in [4.69, 9.17) is 5.73 Å². The maximum absolute atomic E-state index is 12.2. The second-order valence-electron chi connectivity index (χ2n) is 4.14. The normalized spacial score (nSPS) is 20.3. The number of nitrogens with zero attached hydrogens (tertiary/aromatic N) is 1. The number of rotatable bonds is 2. The number of halogens is 1. The van der Waals surface area contributed by atoms with Gasteiger partial charge in [0.1, 0.15) is 11.7 Å². The molecule has 2 amide bonds. The summed E-state index contributed by atoms with van der Waals surface area (Å²) in [5.41, 5.74) is 5.80. The minimum atomic E-state index is -0.474. The summed E-state index contributed by atoms with van der Waals surface area (Å²) in [5.74, 6) is -0.595. The Balaban J connectivity index is 2.19. The highest BCUT2D eigenvalue weighted by molar-refractivity contribution is 9.10. The van der Waals surface area contributed by atoms with E-state index in [1.165, 1.54) is 0 Å². The highest BCUT2D eigenvalue weighted by Crippen LogP contribution is 2.20. The lowest BCUT2D eigenvalue weighted by molar-refractivity contribution is -0.123. The molecule has 0 aliphatic carbocycles. The zero-order valence-corrected chi connectivity index (χ0v) is 10.9. The molecule has 0 spiro atoms. The van der Waals surface area contributed by atoms with Crippen molar-refractivity contribution in [1.82, 2.24) is 9.88 Å². The molecule has 92 valence electrons. The maximum Gasteiger partial charge on any atom is 0.270 e. The van der Waals surface area contributed by atoms with Crippen molar-refractivity contribution < 1.29 is 9.59 Å². The van der Waals surface area contributed by atoms with Gasteiger partial charge in [0.2, 0.25) is 5.91 Å². The molecular weight excluding hydrogens is 286 g/mol. The molecule has 1 fully saturated rings. The fraction of sp³-hybridized carbons (Fsp3) is 0.455. The van der Waals surface area contributed by atoms with E-state index < -0.39 is 11.9 Å². The molecule has 3 N–H and O–H groups in total. The van der Waals surface area contributed by atoms with Gasteiger partial charge >= 0.3 is 0 Å². The van der Waals surface area contributed by atoms with Crippen LogP contribution in [0, 0.1) is 0 Å². The lowest BCUT2D eigenvalue weighted by Gasteiger charge is -2.33. The number of nitrogens with two attached hydrogens (primary N) is 1. The molecule has 1 aromatic rings. The number of aromatic nitrogens is 1. The number of hydrogen-bond acceptors (Lipinski definition) is 2. The van der Waals surface area contributed by atoms with Crippen molar-refractivity contribution in [2.24, 2.45) is 5.73 Å². The Morgan fingerprint density at radius 3 is 2.82 bits per heavy atom. The number of aromatic amines is 1. The molecule has 1 unspecified atom stereocenters. The zero-order valence-electron chi connectivity index (χ0n) is 9.28. The molecule has 0 radical (unpaired) electrons. The minimum absolute atomic E-state index is 0.167. The molecular formula is C11H14BrN3O2. The van der Waals surface area contributed by atoms with Crippen LogP contribution in [-0.2, 0) is 4.79 Å². The first-order chi connectivity index (χ1) is 8.09.